The Kier molecular flexibility index (Phi) is 4.38. The third-order valence-corrected chi connectivity index (χ3v) is 4.28. The molecule has 0 aromatic heterocycles. The maximum absolute atomic E-state index is 4.91. The average molecular weight is 282 g/mol. The number of hydrogen-bond acceptors (Lipinski definition) is 2. The van der Waals surface area contributed by atoms with Gasteiger partial charge in [-0.25, -0.2) is 0 Å². The van der Waals surface area contributed by atoms with Gasteiger partial charge in [0.15, 0.2) is 5.17 Å². The number of rotatable bonds is 4. The summed E-state index contributed by atoms with van der Waals surface area (Å²) in [7, 11) is 0. The van der Waals surface area contributed by atoms with E-state index in [-0.39, 0.29) is 6.04 Å². The fourth-order valence-corrected chi connectivity index (χ4v) is 3.14. The minimum atomic E-state index is 0.187. The van der Waals surface area contributed by atoms with E-state index in [2.05, 4.69) is 66.0 Å². The molecule has 0 saturated carbocycles. The second-order valence-electron chi connectivity index (χ2n) is 4.83. The van der Waals surface area contributed by atoms with E-state index in [1.165, 1.54) is 11.1 Å². The van der Waals surface area contributed by atoms with Crippen molar-refractivity contribution in [3.05, 3.63) is 71.8 Å². The first-order valence-corrected chi connectivity index (χ1v) is 7.94. The molecule has 0 bridgehead atoms. The lowest BCUT2D eigenvalue weighted by atomic mass is 9.99. The lowest BCUT2D eigenvalue weighted by molar-refractivity contribution is 0.722. The molecule has 1 N–H and O–H groups in total. The van der Waals surface area contributed by atoms with Gasteiger partial charge in [-0.15, -0.1) is 0 Å². The highest BCUT2D eigenvalue weighted by Crippen LogP contribution is 2.24. The zero-order chi connectivity index (χ0) is 13.6. The van der Waals surface area contributed by atoms with Gasteiger partial charge in [0.25, 0.3) is 0 Å². The van der Waals surface area contributed by atoms with E-state index in [9.17, 15) is 0 Å². The van der Waals surface area contributed by atoms with E-state index in [0.29, 0.717) is 0 Å². The van der Waals surface area contributed by atoms with Crippen molar-refractivity contribution in [3.63, 3.8) is 0 Å². The van der Waals surface area contributed by atoms with Crippen LogP contribution >= 0.6 is 11.8 Å². The average Bonchev–Trinajstić information content (AvgIpc) is 3.02. The Labute approximate surface area is 124 Å². The second kappa shape index (κ2) is 6.62. The fourth-order valence-electron chi connectivity index (χ4n) is 2.33. The third-order valence-electron chi connectivity index (χ3n) is 3.35. The minimum Gasteiger partial charge on any atom is -0.364 e. The normalized spacial score (nSPS) is 17.9. The Morgan fingerprint density at radius 3 is 2.35 bits per heavy atom. The maximum Gasteiger partial charge on any atom is 0.157 e. The molecule has 1 saturated heterocycles. The first-order chi connectivity index (χ1) is 9.92. The molecule has 1 aliphatic heterocycles. The number of hydrogen-bond donors (Lipinski definition) is 1. The highest BCUT2D eigenvalue weighted by atomic mass is 32.2. The summed E-state index contributed by atoms with van der Waals surface area (Å²) in [4.78, 5) is 4.91. The van der Waals surface area contributed by atoms with Crippen LogP contribution in [0.15, 0.2) is 65.7 Å². The molecule has 3 heteroatoms. The number of thioether (sulfide) groups is 1. The fraction of sp³-hybridized carbons (Fsp3) is 0.235. The topological polar surface area (TPSA) is 24.4 Å². The number of nitrogens with zero attached hydrogens (tertiary/aromatic N) is 1. The zero-order valence-electron chi connectivity index (χ0n) is 11.3. The zero-order valence-corrected chi connectivity index (χ0v) is 12.1. The van der Waals surface area contributed by atoms with Gasteiger partial charge in [-0.2, -0.15) is 0 Å². The van der Waals surface area contributed by atoms with E-state index in [1.54, 1.807) is 0 Å². The van der Waals surface area contributed by atoms with E-state index >= 15 is 0 Å². The Morgan fingerprint density at radius 2 is 1.70 bits per heavy atom. The summed E-state index contributed by atoms with van der Waals surface area (Å²) in [5.41, 5.74) is 2.60. The molecule has 0 unspecified atom stereocenters. The van der Waals surface area contributed by atoms with Gasteiger partial charge < -0.3 is 5.32 Å². The van der Waals surface area contributed by atoms with Crippen LogP contribution in [0.2, 0.25) is 0 Å². The molecule has 0 radical (unpaired) electrons. The van der Waals surface area contributed by atoms with Crippen molar-refractivity contribution in [1.82, 2.24) is 5.32 Å². The van der Waals surface area contributed by atoms with Crippen LogP contribution in [-0.2, 0) is 6.42 Å². The first-order valence-electron chi connectivity index (χ1n) is 6.95. The molecule has 2 nitrogen and oxygen atoms in total. The molecule has 2 aromatic carbocycles. The second-order valence-corrected chi connectivity index (χ2v) is 5.91. The van der Waals surface area contributed by atoms with Crippen LogP contribution in [0.4, 0.5) is 0 Å². The number of benzene rings is 2. The molecule has 0 amide bonds. The third kappa shape index (κ3) is 3.42. The van der Waals surface area contributed by atoms with E-state index in [0.717, 1.165) is 23.9 Å². The van der Waals surface area contributed by atoms with Gasteiger partial charge in [0.1, 0.15) is 0 Å². The molecule has 2 aromatic rings. The van der Waals surface area contributed by atoms with Crippen molar-refractivity contribution in [3.8, 4) is 0 Å². The SMILES string of the molecule is c1ccc(C[C@@H](/N=C2/NCCS2)c2ccccc2)cc1. The molecule has 102 valence electrons. The molecule has 1 heterocycles. The molecular weight excluding hydrogens is 264 g/mol. The van der Waals surface area contributed by atoms with Gasteiger partial charge in [-0.05, 0) is 17.5 Å². The van der Waals surface area contributed by atoms with Crippen LogP contribution in [0.5, 0.6) is 0 Å². The number of amidine groups is 1. The standard InChI is InChI=1S/C17H18N2S/c1-3-7-14(8-4-1)13-16(15-9-5-2-6-10-15)19-17-18-11-12-20-17/h1-10,16H,11-13H2,(H,18,19)/t16-/m1/s1. The molecule has 0 spiro atoms. The van der Waals surface area contributed by atoms with Gasteiger partial charge in [0.2, 0.25) is 0 Å². The summed E-state index contributed by atoms with van der Waals surface area (Å²) >= 11 is 1.81. The van der Waals surface area contributed by atoms with Crippen LogP contribution in [-0.4, -0.2) is 17.5 Å². The van der Waals surface area contributed by atoms with Crippen LogP contribution in [0, 0.1) is 0 Å². The highest BCUT2D eigenvalue weighted by Gasteiger charge is 2.15. The van der Waals surface area contributed by atoms with Crippen molar-refractivity contribution in [2.45, 2.75) is 12.5 Å². The predicted octanol–water partition coefficient (Wildman–Crippen LogP) is 3.66. The van der Waals surface area contributed by atoms with E-state index in [1.807, 2.05) is 11.8 Å². The molecule has 1 atom stereocenters. The molecule has 20 heavy (non-hydrogen) atoms. The smallest absolute Gasteiger partial charge is 0.157 e. The van der Waals surface area contributed by atoms with Gasteiger partial charge in [0, 0.05) is 12.3 Å². The maximum atomic E-state index is 4.91. The van der Waals surface area contributed by atoms with E-state index in [4.69, 9.17) is 4.99 Å². The number of aliphatic imine (C=N–C) groups is 1. The van der Waals surface area contributed by atoms with E-state index < -0.39 is 0 Å². The summed E-state index contributed by atoms with van der Waals surface area (Å²) in [6.45, 7) is 1.02. The summed E-state index contributed by atoms with van der Waals surface area (Å²) < 4.78 is 0. The van der Waals surface area contributed by atoms with Crippen LogP contribution < -0.4 is 5.32 Å². The predicted molar refractivity (Wildman–Crippen MR) is 87.2 cm³/mol. The molecule has 3 rings (SSSR count). The Morgan fingerprint density at radius 1 is 1.00 bits per heavy atom. The summed E-state index contributed by atoms with van der Waals surface area (Å²) in [5.74, 6) is 1.12. The van der Waals surface area contributed by atoms with Crippen LogP contribution in [0.25, 0.3) is 0 Å². The van der Waals surface area contributed by atoms with Gasteiger partial charge in [-0.3, -0.25) is 4.99 Å². The summed E-state index contributed by atoms with van der Waals surface area (Å²) in [6.07, 6.45) is 0.941. The summed E-state index contributed by atoms with van der Waals surface area (Å²) in [6, 6.07) is 21.3. The largest absolute Gasteiger partial charge is 0.364 e. The van der Waals surface area contributed by atoms with Crippen molar-refractivity contribution in [2.24, 2.45) is 4.99 Å². The summed E-state index contributed by atoms with van der Waals surface area (Å²) in [5, 5.41) is 4.43. The monoisotopic (exact) mass is 282 g/mol. The Bertz CT molecular complexity index is 558. The first kappa shape index (κ1) is 13.3. The molecule has 0 aliphatic carbocycles. The van der Waals surface area contributed by atoms with Crippen LogP contribution in [0.1, 0.15) is 17.2 Å². The Balaban J connectivity index is 1.85. The van der Waals surface area contributed by atoms with Gasteiger partial charge in [-0.1, -0.05) is 72.4 Å². The van der Waals surface area contributed by atoms with Crippen molar-refractivity contribution in [1.29, 1.82) is 0 Å². The quantitative estimate of drug-likeness (QED) is 0.925. The highest BCUT2D eigenvalue weighted by molar-refractivity contribution is 8.14. The molecule has 1 fully saturated rings. The molecular formula is C17H18N2S. The minimum absolute atomic E-state index is 0.187. The van der Waals surface area contributed by atoms with Gasteiger partial charge >= 0.3 is 0 Å². The van der Waals surface area contributed by atoms with Crippen molar-refractivity contribution >= 4 is 16.9 Å². The van der Waals surface area contributed by atoms with Gasteiger partial charge in [0.05, 0.1) is 6.04 Å². The van der Waals surface area contributed by atoms with Crippen molar-refractivity contribution < 1.29 is 0 Å². The molecule has 1 aliphatic rings. The Hall–Kier alpha value is -1.74. The lowest BCUT2D eigenvalue weighted by Gasteiger charge is -2.14. The van der Waals surface area contributed by atoms with Crippen LogP contribution in [0.3, 0.4) is 0 Å². The number of nitrogens with one attached hydrogen (secondary N) is 1. The lowest BCUT2D eigenvalue weighted by Crippen LogP contribution is -2.15. The van der Waals surface area contributed by atoms with Crippen molar-refractivity contribution in [2.75, 3.05) is 12.3 Å².